The zero-order valence-corrected chi connectivity index (χ0v) is 13.3. The number of hydrogen-bond acceptors (Lipinski definition) is 3. The number of rotatable bonds is 6. The minimum atomic E-state index is -0.315. The average molecular weight is 353 g/mol. The molecule has 1 heterocycles. The molecule has 0 radical (unpaired) electrons. The van der Waals surface area contributed by atoms with E-state index in [4.69, 9.17) is 4.74 Å². The highest BCUT2D eigenvalue weighted by Crippen LogP contribution is 2.00. The molecule has 0 aliphatic carbocycles. The molecule has 21 heavy (non-hydrogen) atoms. The van der Waals surface area contributed by atoms with Gasteiger partial charge in [-0.1, -0.05) is 30.3 Å². The van der Waals surface area contributed by atoms with Gasteiger partial charge in [-0.3, -0.25) is 4.79 Å². The summed E-state index contributed by atoms with van der Waals surface area (Å²) in [6, 6.07) is 10.9. The minimum absolute atomic E-state index is 0. The van der Waals surface area contributed by atoms with Crippen LogP contribution in [0.1, 0.15) is 17.3 Å². The number of carbonyl (C=O) groups is 2. The number of ketones is 1. The first kappa shape index (κ1) is 17.1. The monoisotopic (exact) mass is 352 g/mol. The highest BCUT2D eigenvalue weighted by atomic mass is 79.9. The van der Waals surface area contributed by atoms with Crippen molar-refractivity contribution >= 4 is 11.8 Å². The number of nitrogens with zero attached hydrogens (tertiary/aromatic N) is 2. The van der Waals surface area contributed by atoms with Gasteiger partial charge < -0.3 is 21.7 Å². The number of aromatic nitrogens is 2. The van der Waals surface area contributed by atoms with Crippen LogP contribution in [-0.4, -0.2) is 23.0 Å². The summed E-state index contributed by atoms with van der Waals surface area (Å²) in [5.41, 5.74) is 0.656. The van der Waals surface area contributed by atoms with E-state index in [1.54, 1.807) is 46.9 Å². The summed E-state index contributed by atoms with van der Waals surface area (Å²) >= 11 is 0. The summed E-state index contributed by atoms with van der Waals surface area (Å²) in [5, 5.41) is 0. The van der Waals surface area contributed by atoms with Crippen LogP contribution in [0.5, 0.6) is 0 Å². The van der Waals surface area contributed by atoms with Gasteiger partial charge in [-0.2, -0.15) is 0 Å². The first-order valence-electron chi connectivity index (χ1n) is 6.49. The van der Waals surface area contributed by atoms with E-state index in [1.165, 1.54) is 0 Å². The van der Waals surface area contributed by atoms with Crippen LogP contribution in [0.4, 0.5) is 0 Å². The van der Waals surface area contributed by atoms with Gasteiger partial charge in [-0.25, -0.2) is 4.79 Å². The maximum absolute atomic E-state index is 12.1. The zero-order valence-electron chi connectivity index (χ0n) is 11.7. The van der Waals surface area contributed by atoms with E-state index < -0.39 is 0 Å². The maximum atomic E-state index is 12.1. The van der Waals surface area contributed by atoms with Crippen LogP contribution in [0, 0.1) is 0 Å². The largest absolute Gasteiger partial charge is 1.00 e. The third kappa shape index (κ3) is 4.82. The molecule has 112 valence electrons. The minimum Gasteiger partial charge on any atom is -1.00 e. The molecule has 0 N–H and O–H groups in total. The second-order valence-electron chi connectivity index (χ2n) is 4.28. The Bertz CT molecular complexity index is 596. The predicted octanol–water partition coefficient (Wildman–Crippen LogP) is -1.77. The van der Waals surface area contributed by atoms with Gasteiger partial charge in [-0.15, -0.1) is 9.36 Å². The van der Waals surface area contributed by atoms with Gasteiger partial charge in [0.2, 0.25) is 12.3 Å². The Morgan fingerprint density at radius 1 is 1.19 bits per heavy atom. The van der Waals surface area contributed by atoms with Crippen molar-refractivity contribution in [3.63, 3.8) is 0 Å². The van der Waals surface area contributed by atoms with Crippen LogP contribution >= 0.6 is 0 Å². The quantitative estimate of drug-likeness (QED) is 0.351. The van der Waals surface area contributed by atoms with E-state index in [2.05, 4.69) is 0 Å². The second kappa shape index (κ2) is 8.36. The van der Waals surface area contributed by atoms with Crippen LogP contribution in [0.3, 0.4) is 0 Å². The van der Waals surface area contributed by atoms with Gasteiger partial charge in [-0.05, 0) is 6.92 Å². The molecule has 0 bridgehead atoms. The fourth-order valence-electron chi connectivity index (χ4n) is 1.90. The Morgan fingerprint density at radius 2 is 1.90 bits per heavy atom. The predicted molar refractivity (Wildman–Crippen MR) is 72.0 cm³/mol. The van der Waals surface area contributed by atoms with E-state index in [9.17, 15) is 9.59 Å². The van der Waals surface area contributed by atoms with E-state index >= 15 is 0 Å². The Morgan fingerprint density at radius 3 is 2.57 bits per heavy atom. The molecule has 0 spiro atoms. The average Bonchev–Trinajstić information content (AvgIpc) is 2.87. The van der Waals surface area contributed by atoms with Crippen LogP contribution in [0.25, 0.3) is 0 Å². The molecule has 0 saturated carbocycles. The zero-order chi connectivity index (χ0) is 14.4. The Kier molecular flexibility index (Phi) is 6.81. The van der Waals surface area contributed by atoms with Crippen molar-refractivity contribution in [3.05, 3.63) is 54.4 Å². The van der Waals surface area contributed by atoms with Gasteiger partial charge >= 0.3 is 5.97 Å². The van der Waals surface area contributed by atoms with Crippen LogP contribution in [0.2, 0.25) is 0 Å². The molecule has 5 nitrogen and oxygen atoms in total. The van der Waals surface area contributed by atoms with Crippen LogP contribution in [0.15, 0.2) is 48.8 Å². The maximum Gasteiger partial charge on any atom is 0.331 e. The highest BCUT2D eigenvalue weighted by Gasteiger charge is 2.17. The van der Waals surface area contributed by atoms with Crippen molar-refractivity contribution in [3.8, 4) is 0 Å². The van der Waals surface area contributed by atoms with E-state index in [1.807, 2.05) is 18.2 Å². The Labute approximate surface area is 133 Å². The van der Waals surface area contributed by atoms with Gasteiger partial charge in [0.15, 0.2) is 12.7 Å². The van der Waals surface area contributed by atoms with Crippen molar-refractivity contribution in [1.29, 1.82) is 0 Å². The van der Waals surface area contributed by atoms with Gasteiger partial charge in [0, 0.05) is 11.6 Å². The fourth-order valence-corrected chi connectivity index (χ4v) is 1.90. The molecule has 0 atom stereocenters. The van der Waals surface area contributed by atoms with Gasteiger partial charge in [0.05, 0.1) is 12.8 Å². The first-order valence-corrected chi connectivity index (χ1v) is 6.49. The van der Waals surface area contributed by atoms with Crippen molar-refractivity contribution in [1.82, 2.24) is 4.68 Å². The number of benzene rings is 1. The van der Waals surface area contributed by atoms with Crippen molar-refractivity contribution in [2.75, 3.05) is 6.61 Å². The lowest BCUT2D eigenvalue weighted by Crippen LogP contribution is -3.00. The molecule has 0 aliphatic heterocycles. The van der Waals surface area contributed by atoms with E-state index in [0.717, 1.165) is 0 Å². The molecule has 2 rings (SSSR count). The number of hydrogen-bond donors (Lipinski definition) is 0. The topological polar surface area (TPSA) is 52.2 Å². The molecule has 0 aliphatic rings. The summed E-state index contributed by atoms with van der Waals surface area (Å²) in [6.45, 7) is 2.41. The molecule has 6 heteroatoms. The standard InChI is InChI=1S/C15H17N2O3.BrH/c1-2-20-15(19)12-17-10-6-9-16(17)11-14(18)13-7-4-3-5-8-13;/h3-10H,2,11-12H2,1H3;1H/q+1;/p-1. The second-order valence-corrected chi connectivity index (χ2v) is 4.28. The molecule has 1 aromatic heterocycles. The number of ether oxygens (including phenoxy) is 1. The van der Waals surface area contributed by atoms with Gasteiger partial charge in [0.1, 0.15) is 0 Å². The van der Waals surface area contributed by atoms with Crippen molar-refractivity contribution in [2.45, 2.75) is 20.0 Å². The Hall–Kier alpha value is -1.95. The lowest BCUT2D eigenvalue weighted by atomic mass is 10.1. The van der Waals surface area contributed by atoms with Crippen LogP contribution in [-0.2, 0) is 22.6 Å². The lowest BCUT2D eigenvalue weighted by molar-refractivity contribution is -0.762. The summed E-state index contributed by atoms with van der Waals surface area (Å²) in [7, 11) is 0. The number of Topliss-reactive ketones (excluding diaryl/α,β-unsaturated/α-hetero) is 1. The molecule has 2 aromatic rings. The summed E-state index contributed by atoms with van der Waals surface area (Å²) in [5.74, 6) is -0.316. The molecule has 0 unspecified atom stereocenters. The lowest BCUT2D eigenvalue weighted by Gasteiger charge is -2.03. The highest BCUT2D eigenvalue weighted by molar-refractivity contribution is 5.94. The number of carbonyl (C=O) groups excluding carboxylic acids is 2. The summed E-state index contributed by atoms with van der Waals surface area (Å²) in [4.78, 5) is 23.6. The number of esters is 1. The smallest absolute Gasteiger partial charge is 0.331 e. The fraction of sp³-hybridized carbons (Fsp3) is 0.267. The number of halogens is 1. The molecule has 1 aromatic carbocycles. The third-order valence-electron chi connectivity index (χ3n) is 2.84. The third-order valence-corrected chi connectivity index (χ3v) is 2.84. The van der Waals surface area contributed by atoms with Crippen LogP contribution < -0.4 is 21.7 Å². The van der Waals surface area contributed by atoms with E-state index in [-0.39, 0.29) is 41.8 Å². The normalized spacial score (nSPS) is 9.76. The SMILES string of the molecule is CCOC(=O)Cn1ccc[n+]1CC(=O)c1ccccc1.[Br-]. The Balaban J connectivity index is 0.00000220. The van der Waals surface area contributed by atoms with Gasteiger partial charge in [0.25, 0.3) is 0 Å². The molecular formula is C15H17BrN2O3. The summed E-state index contributed by atoms with van der Waals surface area (Å²) in [6.07, 6.45) is 3.51. The summed E-state index contributed by atoms with van der Waals surface area (Å²) < 4.78 is 8.27. The van der Waals surface area contributed by atoms with Crippen molar-refractivity contribution < 1.29 is 36.0 Å². The molecular weight excluding hydrogens is 336 g/mol. The molecule has 0 fully saturated rings. The molecule has 0 amide bonds. The van der Waals surface area contributed by atoms with Crippen molar-refractivity contribution in [2.24, 2.45) is 0 Å². The van der Waals surface area contributed by atoms with E-state index in [0.29, 0.717) is 12.2 Å². The molecule has 0 saturated heterocycles. The first-order chi connectivity index (χ1) is 9.70.